The molecular weight excluding hydrogens is 252 g/mol. The molecule has 1 saturated heterocycles. The van der Waals surface area contributed by atoms with Gasteiger partial charge in [-0.2, -0.15) is 0 Å². The minimum Gasteiger partial charge on any atom is -0.212 e. The summed E-state index contributed by atoms with van der Waals surface area (Å²) < 4.78 is 26.4. The first-order valence-electron chi connectivity index (χ1n) is 6.70. The molecule has 0 aromatic heterocycles. The van der Waals surface area contributed by atoms with Gasteiger partial charge in [0.2, 0.25) is 16.1 Å². The molecule has 2 aliphatic rings. The maximum atomic E-state index is 12.4. The molecular formula is C12H20N2O3S. The summed E-state index contributed by atoms with van der Waals surface area (Å²) in [7, 11) is -3.13. The maximum absolute atomic E-state index is 12.4. The van der Waals surface area contributed by atoms with E-state index in [-0.39, 0.29) is 11.3 Å². The fraction of sp³-hybridized carbons (Fsp3) is 0.917. The van der Waals surface area contributed by atoms with Gasteiger partial charge in [0.25, 0.3) is 0 Å². The van der Waals surface area contributed by atoms with Crippen molar-refractivity contribution in [1.82, 2.24) is 4.31 Å². The van der Waals surface area contributed by atoms with Gasteiger partial charge in [0.1, 0.15) is 0 Å². The van der Waals surface area contributed by atoms with Gasteiger partial charge in [-0.25, -0.2) is 22.5 Å². The molecule has 2 fully saturated rings. The van der Waals surface area contributed by atoms with Crippen LogP contribution in [-0.4, -0.2) is 43.2 Å². The molecule has 0 bridgehead atoms. The number of aliphatic imine (C=N–C) groups is 1. The van der Waals surface area contributed by atoms with Crippen LogP contribution in [0.25, 0.3) is 0 Å². The lowest BCUT2D eigenvalue weighted by Crippen LogP contribution is -2.44. The number of hydrogen-bond acceptors (Lipinski definition) is 4. The van der Waals surface area contributed by atoms with Crippen molar-refractivity contribution in [2.24, 2.45) is 4.99 Å². The minimum absolute atomic E-state index is 0.0414. The fourth-order valence-corrected chi connectivity index (χ4v) is 4.94. The molecule has 102 valence electrons. The van der Waals surface area contributed by atoms with E-state index in [0.29, 0.717) is 25.9 Å². The summed E-state index contributed by atoms with van der Waals surface area (Å²) >= 11 is 0. The standard InChI is InChI=1S/C12H20N2O3S/c15-10-13-11-6-8-14(9-7-11)18(16,17)12-4-2-1-3-5-12/h11-12H,1-9H2. The Bertz CT molecular complexity index is 415. The molecule has 18 heavy (non-hydrogen) atoms. The van der Waals surface area contributed by atoms with E-state index < -0.39 is 10.0 Å². The van der Waals surface area contributed by atoms with E-state index >= 15 is 0 Å². The van der Waals surface area contributed by atoms with Crippen LogP contribution < -0.4 is 0 Å². The number of nitrogens with zero attached hydrogens (tertiary/aromatic N) is 2. The van der Waals surface area contributed by atoms with Crippen LogP contribution in [0.1, 0.15) is 44.9 Å². The molecule has 1 aliphatic heterocycles. The van der Waals surface area contributed by atoms with Gasteiger partial charge in [-0.05, 0) is 25.7 Å². The smallest absolute Gasteiger partial charge is 0.212 e. The average Bonchev–Trinajstić information content (AvgIpc) is 2.41. The third-order valence-corrected chi connectivity index (χ3v) is 6.39. The molecule has 0 amide bonds. The summed E-state index contributed by atoms with van der Waals surface area (Å²) in [6.45, 7) is 0.989. The molecule has 0 N–H and O–H groups in total. The Morgan fingerprint density at radius 1 is 1.00 bits per heavy atom. The highest BCUT2D eigenvalue weighted by molar-refractivity contribution is 7.89. The summed E-state index contributed by atoms with van der Waals surface area (Å²) in [4.78, 5) is 13.9. The lowest BCUT2D eigenvalue weighted by molar-refractivity contribution is 0.312. The molecule has 6 heteroatoms. The molecule has 1 heterocycles. The molecule has 0 aromatic carbocycles. The predicted octanol–water partition coefficient (Wildman–Crippen LogP) is 1.45. The van der Waals surface area contributed by atoms with Crippen molar-refractivity contribution in [3.63, 3.8) is 0 Å². The Kier molecular flexibility index (Phi) is 4.54. The van der Waals surface area contributed by atoms with Crippen molar-refractivity contribution in [3.05, 3.63) is 0 Å². The lowest BCUT2D eigenvalue weighted by atomic mass is 10.0. The van der Waals surface area contributed by atoms with Crippen LogP contribution in [-0.2, 0) is 14.8 Å². The highest BCUT2D eigenvalue weighted by Gasteiger charge is 2.35. The van der Waals surface area contributed by atoms with Gasteiger partial charge in [0.15, 0.2) is 0 Å². The average molecular weight is 272 g/mol. The first kappa shape index (κ1) is 13.7. The van der Waals surface area contributed by atoms with Crippen LogP contribution in [0.3, 0.4) is 0 Å². The van der Waals surface area contributed by atoms with Crippen LogP contribution in [0.5, 0.6) is 0 Å². The molecule has 0 spiro atoms. The highest BCUT2D eigenvalue weighted by Crippen LogP contribution is 2.28. The Labute approximate surface area is 108 Å². The second-order valence-electron chi connectivity index (χ2n) is 5.16. The van der Waals surface area contributed by atoms with Crippen molar-refractivity contribution >= 4 is 16.1 Å². The van der Waals surface area contributed by atoms with Gasteiger partial charge < -0.3 is 0 Å². The second-order valence-corrected chi connectivity index (χ2v) is 7.37. The molecule has 0 radical (unpaired) electrons. The lowest BCUT2D eigenvalue weighted by Gasteiger charge is -2.33. The van der Waals surface area contributed by atoms with E-state index in [1.807, 2.05) is 0 Å². The Morgan fingerprint density at radius 3 is 2.17 bits per heavy atom. The summed E-state index contributed by atoms with van der Waals surface area (Å²) in [6.07, 6.45) is 7.64. The van der Waals surface area contributed by atoms with Gasteiger partial charge in [0, 0.05) is 13.1 Å². The number of carbonyl (C=O) groups excluding carboxylic acids is 1. The summed E-state index contributed by atoms with van der Waals surface area (Å²) in [5.41, 5.74) is 0. The predicted molar refractivity (Wildman–Crippen MR) is 68.5 cm³/mol. The van der Waals surface area contributed by atoms with E-state index in [0.717, 1.165) is 32.1 Å². The van der Waals surface area contributed by atoms with Gasteiger partial charge in [0.05, 0.1) is 11.3 Å². The Hall–Kier alpha value is -0.710. The molecule has 5 nitrogen and oxygen atoms in total. The SMILES string of the molecule is O=C=NC1CCN(S(=O)(=O)C2CCCCC2)CC1. The van der Waals surface area contributed by atoms with Crippen molar-refractivity contribution in [2.75, 3.05) is 13.1 Å². The Morgan fingerprint density at radius 2 is 1.61 bits per heavy atom. The monoisotopic (exact) mass is 272 g/mol. The minimum atomic E-state index is -3.13. The van der Waals surface area contributed by atoms with Crippen LogP contribution in [0.4, 0.5) is 0 Å². The van der Waals surface area contributed by atoms with Crippen molar-refractivity contribution in [3.8, 4) is 0 Å². The fourth-order valence-electron chi connectivity index (χ4n) is 2.87. The van der Waals surface area contributed by atoms with Gasteiger partial charge >= 0.3 is 0 Å². The van der Waals surface area contributed by atoms with Gasteiger partial charge in [-0.15, -0.1) is 0 Å². The largest absolute Gasteiger partial charge is 0.235 e. The topological polar surface area (TPSA) is 66.8 Å². The zero-order valence-corrected chi connectivity index (χ0v) is 11.4. The van der Waals surface area contributed by atoms with Crippen molar-refractivity contribution in [1.29, 1.82) is 0 Å². The van der Waals surface area contributed by atoms with E-state index in [1.165, 1.54) is 0 Å². The first-order valence-corrected chi connectivity index (χ1v) is 8.21. The maximum Gasteiger partial charge on any atom is 0.235 e. The third-order valence-electron chi connectivity index (χ3n) is 3.99. The quantitative estimate of drug-likeness (QED) is 0.577. The summed E-state index contributed by atoms with van der Waals surface area (Å²) in [5, 5.41) is -0.183. The zero-order chi connectivity index (χ0) is 13.0. The van der Waals surface area contributed by atoms with Gasteiger partial charge in [-0.3, -0.25) is 0 Å². The molecule has 1 saturated carbocycles. The van der Waals surface area contributed by atoms with Crippen LogP contribution in [0.15, 0.2) is 4.99 Å². The number of sulfonamides is 1. The molecule has 1 aliphatic carbocycles. The van der Waals surface area contributed by atoms with Gasteiger partial charge in [-0.1, -0.05) is 19.3 Å². The van der Waals surface area contributed by atoms with Crippen LogP contribution >= 0.6 is 0 Å². The van der Waals surface area contributed by atoms with E-state index in [2.05, 4.69) is 4.99 Å². The first-order chi connectivity index (χ1) is 8.64. The van der Waals surface area contributed by atoms with E-state index in [1.54, 1.807) is 10.4 Å². The van der Waals surface area contributed by atoms with Crippen molar-refractivity contribution in [2.45, 2.75) is 56.2 Å². The summed E-state index contributed by atoms with van der Waals surface area (Å²) in [6, 6.07) is -0.0414. The summed E-state index contributed by atoms with van der Waals surface area (Å²) in [5.74, 6) is 0. The normalized spacial score (nSPS) is 24.7. The van der Waals surface area contributed by atoms with Crippen LogP contribution in [0.2, 0.25) is 0 Å². The molecule has 2 rings (SSSR count). The molecule has 0 aromatic rings. The number of rotatable bonds is 3. The number of piperidine rings is 1. The van der Waals surface area contributed by atoms with E-state index in [4.69, 9.17) is 0 Å². The van der Waals surface area contributed by atoms with E-state index in [9.17, 15) is 13.2 Å². The molecule has 0 unspecified atom stereocenters. The molecule has 0 atom stereocenters. The second kappa shape index (κ2) is 5.95. The van der Waals surface area contributed by atoms with Crippen LogP contribution in [0, 0.1) is 0 Å². The highest BCUT2D eigenvalue weighted by atomic mass is 32.2. The number of hydrogen-bond donors (Lipinski definition) is 0. The zero-order valence-electron chi connectivity index (χ0n) is 10.5. The Balaban J connectivity index is 1.97. The third kappa shape index (κ3) is 2.99. The van der Waals surface area contributed by atoms with Crippen molar-refractivity contribution < 1.29 is 13.2 Å². The number of isocyanates is 1.